The summed E-state index contributed by atoms with van der Waals surface area (Å²) in [6.45, 7) is 2.30. The fourth-order valence-corrected chi connectivity index (χ4v) is 4.03. The fraction of sp³-hybridized carbons (Fsp3) is 0.923. The zero-order valence-electron chi connectivity index (χ0n) is 12.7. The van der Waals surface area contributed by atoms with Gasteiger partial charge in [0, 0.05) is 19.6 Å². The largest absolute Gasteiger partial charge is 0.468 e. The van der Waals surface area contributed by atoms with E-state index in [2.05, 4.69) is 4.74 Å². The Morgan fingerprint density at radius 1 is 1.30 bits per heavy atom. The van der Waals surface area contributed by atoms with Crippen LogP contribution >= 0.6 is 0 Å². The molecule has 1 aliphatic carbocycles. The summed E-state index contributed by atoms with van der Waals surface area (Å²) in [5.41, 5.74) is 0. The van der Waals surface area contributed by atoms with E-state index in [1.165, 1.54) is 15.7 Å². The minimum absolute atomic E-state index is 0.0804. The van der Waals surface area contributed by atoms with E-state index in [0.717, 1.165) is 38.5 Å². The Morgan fingerprint density at radius 2 is 1.90 bits per heavy atom. The van der Waals surface area contributed by atoms with Gasteiger partial charge in [-0.25, -0.2) is 0 Å². The van der Waals surface area contributed by atoms with Gasteiger partial charge in [0.15, 0.2) is 0 Å². The molecule has 0 heterocycles. The van der Waals surface area contributed by atoms with Crippen LogP contribution in [0, 0.1) is 0 Å². The number of carbonyl (C=O) groups is 1. The molecule has 0 saturated heterocycles. The standard InChI is InChI=1S/C13H26N2O4S/c1-4-5-10-14(2)20(17,18)15(11-13(16)19-3)12-8-6-7-9-12/h12H,4-11H2,1-3H3. The zero-order chi connectivity index (χ0) is 15.2. The lowest BCUT2D eigenvalue weighted by Gasteiger charge is -2.31. The van der Waals surface area contributed by atoms with Crippen LogP contribution in [0.4, 0.5) is 0 Å². The van der Waals surface area contributed by atoms with Crippen LogP contribution in [-0.4, -0.2) is 56.3 Å². The van der Waals surface area contributed by atoms with E-state index in [4.69, 9.17) is 0 Å². The van der Waals surface area contributed by atoms with Crippen LogP contribution in [-0.2, 0) is 19.7 Å². The van der Waals surface area contributed by atoms with Crippen molar-refractivity contribution in [1.82, 2.24) is 8.61 Å². The van der Waals surface area contributed by atoms with E-state index in [-0.39, 0.29) is 12.6 Å². The molecular formula is C13H26N2O4S. The Hall–Kier alpha value is -0.660. The van der Waals surface area contributed by atoms with E-state index in [1.807, 2.05) is 6.92 Å². The summed E-state index contributed by atoms with van der Waals surface area (Å²) in [6, 6.07) is -0.0804. The maximum atomic E-state index is 12.6. The van der Waals surface area contributed by atoms with Crippen molar-refractivity contribution in [3.05, 3.63) is 0 Å². The molecule has 1 saturated carbocycles. The Balaban J connectivity index is 2.86. The zero-order valence-corrected chi connectivity index (χ0v) is 13.5. The predicted molar refractivity (Wildman–Crippen MR) is 77.4 cm³/mol. The second-order valence-electron chi connectivity index (χ2n) is 5.24. The lowest BCUT2D eigenvalue weighted by Crippen LogP contribution is -2.49. The number of esters is 1. The topological polar surface area (TPSA) is 66.9 Å². The molecule has 0 aliphatic heterocycles. The van der Waals surface area contributed by atoms with E-state index >= 15 is 0 Å². The number of ether oxygens (including phenoxy) is 1. The average molecular weight is 306 g/mol. The van der Waals surface area contributed by atoms with Crippen molar-refractivity contribution < 1.29 is 17.9 Å². The Bertz CT molecular complexity index is 405. The van der Waals surface area contributed by atoms with E-state index in [9.17, 15) is 13.2 Å². The molecule has 0 aromatic rings. The van der Waals surface area contributed by atoms with Gasteiger partial charge in [0.1, 0.15) is 6.54 Å². The molecule has 0 aromatic carbocycles. The van der Waals surface area contributed by atoms with Crippen LogP contribution in [0.15, 0.2) is 0 Å². The quantitative estimate of drug-likeness (QED) is 0.635. The van der Waals surface area contributed by atoms with Gasteiger partial charge >= 0.3 is 5.97 Å². The van der Waals surface area contributed by atoms with Crippen molar-refractivity contribution in [2.24, 2.45) is 0 Å². The van der Waals surface area contributed by atoms with Gasteiger partial charge in [0.05, 0.1) is 7.11 Å². The smallest absolute Gasteiger partial charge is 0.321 e. The minimum Gasteiger partial charge on any atom is -0.468 e. The van der Waals surface area contributed by atoms with Gasteiger partial charge in [-0.2, -0.15) is 17.0 Å². The maximum Gasteiger partial charge on any atom is 0.321 e. The molecule has 0 bridgehead atoms. The Kier molecular flexibility index (Phi) is 6.91. The van der Waals surface area contributed by atoms with E-state index < -0.39 is 16.2 Å². The lowest BCUT2D eigenvalue weighted by molar-refractivity contribution is -0.141. The second-order valence-corrected chi connectivity index (χ2v) is 7.23. The van der Waals surface area contributed by atoms with E-state index in [1.54, 1.807) is 7.05 Å². The first-order valence-corrected chi connectivity index (χ1v) is 8.63. The first-order valence-electron chi connectivity index (χ1n) is 7.23. The summed E-state index contributed by atoms with van der Waals surface area (Å²) in [6.07, 6.45) is 5.40. The van der Waals surface area contributed by atoms with Crippen molar-refractivity contribution in [1.29, 1.82) is 0 Å². The first kappa shape index (κ1) is 17.4. The lowest BCUT2D eigenvalue weighted by atomic mass is 10.2. The van der Waals surface area contributed by atoms with Crippen LogP contribution in [0.3, 0.4) is 0 Å². The van der Waals surface area contributed by atoms with Gasteiger partial charge in [-0.15, -0.1) is 0 Å². The fourth-order valence-electron chi connectivity index (χ4n) is 2.46. The predicted octanol–water partition coefficient (Wildman–Crippen LogP) is 1.38. The van der Waals surface area contributed by atoms with Crippen molar-refractivity contribution in [2.75, 3.05) is 27.2 Å². The molecule has 0 spiro atoms. The van der Waals surface area contributed by atoms with Crippen molar-refractivity contribution in [3.8, 4) is 0 Å². The molecule has 0 N–H and O–H groups in total. The molecule has 0 aromatic heterocycles. The van der Waals surface area contributed by atoms with Crippen molar-refractivity contribution in [2.45, 2.75) is 51.5 Å². The van der Waals surface area contributed by atoms with Crippen LogP contribution in [0.1, 0.15) is 45.4 Å². The molecule has 0 amide bonds. The van der Waals surface area contributed by atoms with Gasteiger partial charge < -0.3 is 4.74 Å². The van der Waals surface area contributed by atoms with Crippen molar-refractivity contribution in [3.63, 3.8) is 0 Å². The number of hydrogen-bond acceptors (Lipinski definition) is 4. The molecule has 1 rings (SSSR count). The molecule has 0 radical (unpaired) electrons. The summed E-state index contributed by atoms with van der Waals surface area (Å²) < 4.78 is 32.5. The SMILES string of the molecule is CCCCN(C)S(=O)(=O)N(CC(=O)OC)C1CCCC1. The summed E-state index contributed by atoms with van der Waals surface area (Å²) >= 11 is 0. The van der Waals surface area contributed by atoms with Gasteiger partial charge in [-0.3, -0.25) is 4.79 Å². The molecule has 0 unspecified atom stereocenters. The summed E-state index contributed by atoms with van der Waals surface area (Å²) in [7, 11) is -0.742. The monoisotopic (exact) mass is 306 g/mol. The molecule has 20 heavy (non-hydrogen) atoms. The Labute approximate surface area is 122 Å². The number of hydrogen-bond donors (Lipinski definition) is 0. The molecule has 1 aliphatic rings. The second kappa shape index (κ2) is 7.95. The van der Waals surface area contributed by atoms with Crippen LogP contribution in [0.2, 0.25) is 0 Å². The highest BCUT2D eigenvalue weighted by atomic mass is 32.2. The van der Waals surface area contributed by atoms with Gasteiger partial charge in [-0.1, -0.05) is 26.2 Å². The van der Waals surface area contributed by atoms with E-state index in [0.29, 0.717) is 6.54 Å². The maximum absolute atomic E-state index is 12.6. The summed E-state index contributed by atoms with van der Waals surface area (Å²) in [4.78, 5) is 11.5. The molecule has 1 fully saturated rings. The molecule has 7 heteroatoms. The molecular weight excluding hydrogens is 280 g/mol. The van der Waals surface area contributed by atoms with Gasteiger partial charge in [0.25, 0.3) is 10.2 Å². The third-order valence-electron chi connectivity index (χ3n) is 3.76. The normalized spacial score (nSPS) is 17.1. The first-order chi connectivity index (χ1) is 9.43. The molecule has 118 valence electrons. The van der Waals surface area contributed by atoms with Crippen LogP contribution in [0.5, 0.6) is 0 Å². The highest BCUT2D eigenvalue weighted by Crippen LogP contribution is 2.26. The minimum atomic E-state index is -3.60. The molecule has 0 atom stereocenters. The third kappa shape index (κ3) is 4.43. The molecule has 6 nitrogen and oxygen atoms in total. The summed E-state index contributed by atoms with van der Waals surface area (Å²) in [5.74, 6) is -0.510. The highest BCUT2D eigenvalue weighted by molar-refractivity contribution is 7.86. The number of methoxy groups -OCH3 is 1. The average Bonchev–Trinajstić information content (AvgIpc) is 2.94. The number of carbonyl (C=O) groups excluding carboxylic acids is 1. The van der Waals surface area contributed by atoms with Crippen LogP contribution < -0.4 is 0 Å². The van der Waals surface area contributed by atoms with Gasteiger partial charge in [0.2, 0.25) is 0 Å². The third-order valence-corrected chi connectivity index (χ3v) is 5.75. The number of unbranched alkanes of at least 4 members (excludes halogenated alkanes) is 1. The Morgan fingerprint density at radius 3 is 2.40 bits per heavy atom. The number of rotatable bonds is 8. The number of nitrogens with zero attached hydrogens (tertiary/aromatic N) is 2. The van der Waals surface area contributed by atoms with Crippen LogP contribution in [0.25, 0.3) is 0 Å². The van der Waals surface area contributed by atoms with Gasteiger partial charge in [-0.05, 0) is 19.3 Å². The summed E-state index contributed by atoms with van der Waals surface area (Å²) in [5, 5.41) is 0. The highest BCUT2D eigenvalue weighted by Gasteiger charge is 2.36. The van der Waals surface area contributed by atoms with Crippen molar-refractivity contribution >= 4 is 16.2 Å².